The Bertz CT molecular complexity index is 845. The fraction of sp³-hybridized carbons (Fsp3) is 0.524. The molecular formula is C21H27N3O5. The van der Waals surface area contributed by atoms with Gasteiger partial charge in [-0.15, -0.1) is 0 Å². The lowest BCUT2D eigenvalue weighted by Crippen LogP contribution is -2.63. The Kier molecular flexibility index (Phi) is 5.64. The Morgan fingerprint density at radius 2 is 1.90 bits per heavy atom. The first-order valence-electron chi connectivity index (χ1n) is 9.74. The zero-order chi connectivity index (χ0) is 21.3. The maximum Gasteiger partial charge on any atom is 0.410 e. The largest absolute Gasteiger partial charge is 0.444 e. The molecule has 0 aliphatic carbocycles. The highest BCUT2D eigenvalue weighted by molar-refractivity contribution is 6.22. The number of piperazine rings is 1. The van der Waals surface area contributed by atoms with Crippen molar-refractivity contribution >= 4 is 29.4 Å². The van der Waals surface area contributed by atoms with Gasteiger partial charge in [-0.25, -0.2) is 4.79 Å². The highest BCUT2D eigenvalue weighted by Crippen LogP contribution is 2.26. The van der Waals surface area contributed by atoms with E-state index in [1.54, 1.807) is 43.9 Å². The molecule has 2 heterocycles. The molecular weight excluding hydrogens is 374 g/mol. The van der Waals surface area contributed by atoms with E-state index in [-0.39, 0.29) is 19.5 Å². The minimum absolute atomic E-state index is 0.0386. The van der Waals surface area contributed by atoms with Gasteiger partial charge >= 0.3 is 6.09 Å². The lowest BCUT2D eigenvalue weighted by atomic mass is 9.88. The van der Waals surface area contributed by atoms with Gasteiger partial charge in [-0.3, -0.25) is 14.4 Å². The molecule has 1 N–H and O–H groups in total. The Morgan fingerprint density at radius 1 is 1.17 bits per heavy atom. The quantitative estimate of drug-likeness (QED) is 0.765. The van der Waals surface area contributed by atoms with Crippen molar-refractivity contribution in [3.8, 4) is 0 Å². The molecule has 2 aliphatic heterocycles. The van der Waals surface area contributed by atoms with E-state index in [1.165, 1.54) is 4.90 Å². The van der Waals surface area contributed by atoms with Crippen molar-refractivity contribution in [3.05, 3.63) is 29.8 Å². The Balaban J connectivity index is 1.67. The van der Waals surface area contributed by atoms with Gasteiger partial charge in [0.1, 0.15) is 5.60 Å². The number of carbonyl (C=O) groups excluding carboxylic acids is 4. The standard InChI is InChI=1S/C21H27N3O5/c1-13-6-5-7-14(10-13)22-18(26)17-16(25)11-15-12-23(8-9-24(15)19(17)27)20(28)29-21(2,3)4/h5-7,10,15,17H,8-9,11-12H2,1-4H3,(H,22,26). The van der Waals surface area contributed by atoms with Gasteiger partial charge in [0.15, 0.2) is 11.7 Å². The van der Waals surface area contributed by atoms with E-state index >= 15 is 0 Å². The smallest absolute Gasteiger partial charge is 0.410 e. The topological polar surface area (TPSA) is 96.0 Å². The SMILES string of the molecule is Cc1cccc(NC(=O)C2C(=O)CC3CN(C(=O)OC(C)(C)C)CCN3C2=O)c1. The summed E-state index contributed by atoms with van der Waals surface area (Å²) in [6, 6.07) is 6.74. The number of hydrogen-bond acceptors (Lipinski definition) is 5. The number of nitrogens with one attached hydrogen (secondary N) is 1. The van der Waals surface area contributed by atoms with E-state index in [2.05, 4.69) is 5.32 Å². The number of amides is 3. The van der Waals surface area contributed by atoms with Gasteiger partial charge in [-0.1, -0.05) is 12.1 Å². The van der Waals surface area contributed by atoms with Crippen LogP contribution in [0.1, 0.15) is 32.8 Å². The molecule has 0 radical (unpaired) electrons. The van der Waals surface area contributed by atoms with Crippen LogP contribution >= 0.6 is 0 Å². The van der Waals surface area contributed by atoms with Crippen LogP contribution in [0, 0.1) is 12.8 Å². The van der Waals surface area contributed by atoms with Crippen molar-refractivity contribution in [1.82, 2.24) is 9.80 Å². The molecule has 29 heavy (non-hydrogen) atoms. The van der Waals surface area contributed by atoms with E-state index in [0.717, 1.165) is 5.56 Å². The Hall–Kier alpha value is -2.90. The van der Waals surface area contributed by atoms with E-state index in [0.29, 0.717) is 12.2 Å². The maximum absolute atomic E-state index is 12.9. The van der Waals surface area contributed by atoms with Gasteiger partial charge in [-0.05, 0) is 45.4 Å². The molecule has 8 nitrogen and oxygen atoms in total. The van der Waals surface area contributed by atoms with Crippen molar-refractivity contribution < 1.29 is 23.9 Å². The van der Waals surface area contributed by atoms with Crippen molar-refractivity contribution in [2.75, 3.05) is 25.0 Å². The minimum Gasteiger partial charge on any atom is -0.444 e. The highest BCUT2D eigenvalue weighted by atomic mass is 16.6. The number of anilines is 1. The summed E-state index contributed by atoms with van der Waals surface area (Å²) in [5, 5.41) is 2.67. The third-order valence-corrected chi connectivity index (χ3v) is 4.97. The number of piperidine rings is 1. The molecule has 2 saturated heterocycles. The number of carbonyl (C=O) groups is 4. The number of hydrogen-bond donors (Lipinski definition) is 1. The van der Waals surface area contributed by atoms with E-state index in [1.807, 2.05) is 13.0 Å². The average molecular weight is 401 g/mol. The summed E-state index contributed by atoms with van der Waals surface area (Å²) in [6.07, 6.45) is -0.423. The number of ether oxygens (including phenoxy) is 1. The average Bonchev–Trinajstić information content (AvgIpc) is 2.59. The number of Topliss-reactive ketones (excluding diaryl/α,β-unsaturated/α-hetero) is 1. The summed E-state index contributed by atoms with van der Waals surface area (Å²) in [6.45, 7) is 8.03. The molecule has 3 rings (SSSR count). The summed E-state index contributed by atoms with van der Waals surface area (Å²) in [4.78, 5) is 53.5. The highest BCUT2D eigenvalue weighted by Gasteiger charge is 2.47. The van der Waals surface area contributed by atoms with Crippen LogP contribution in [0.5, 0.6) is 0 Å². The fourth-order valence-electron chi connectivity index (χ4n) is 3.66. The summed E-state index contributed by atoms with van der Waals surface area (Å²) in [5.41, 5.74) is 0.890. The monoisotopic (exact) mass is 401 g/mol. The van der Waals surface area contributed by atoms with E-state index < -0.39 is 41.3 Å². The molecule has 1 aromatic carbocycles. The lowest BCUT2D eigenvalue weighted by molar-refractivity contribution is -0.154. The number of nitrogens with zero attached hydrogens (tertiary/aromatic N) is 2. The van der Waals surface area contributed by atoms with Crippen LogP contribution in [-0.4, -0.2) is 64.8 Å². The zero-order valence-corrected chi connectivity index (χ0v) is 17.2. The Morgan fingerprint density at radius 3 is 2.55 bits per heavy atom. The first-order chi connectivity index (χ1) is 13.5. The van der Waals surface area contributed by atoms with Gasteiger partial charge in [0.2, 0.25) is 11.8 Å². The second-order valence-corrected chi connectivity index (χ2v) is 8.57. The number of aryl methyl sites for hydroxylation is 1. The van der Waals surface area contributed by atoms with Crippen LogP contribution in [0.2, 0.25) is 0 Å². The van der Waals surface area contributed by atoms with Crippen molar-refractivity contribution in [2.24, 2.45) is 5.92 Å². The molecule has 0 bridgehead atoms. The molecule has 3 amide bonds. The first-order valence-corrected chi connectivity index (χ1v) is 9.74. The van der Waals surface area contributed by atoms with Gasteiger partial charge in [0, 0.05) is 31.7 Å². The number of fused-ring (bicyclic) bond motifs is 1. The van der Waals surface area contributed by atoms with Crippen LogP contribution in [0.4, 0.5) is 10.5 Å². The summed E-state index contributed by atoms with van der Waals surface area (Å²) < 4.78 is 5.38. The van der Waals surface area contributed by atoms with Crippen LogP contribution < -0.4 is 5.32 Å². The molecule has 2 atom stereocenters. The second kappa shape index (κ2) is 7.85. The van der Waals surface area contributed by atoms with Gasteiger partial charge < -0.3 is 19.9 Å². The zero-order valence-electron chi connectivity index (χ0n) is 17.2. The molecule has 1 aromatic rings. The summed E-state index contributed by atoms with van der Waals surface area (Å²) in [7, 11) is 0. The third kappa shape index (κ3) is 4.75. The predicted octanol–water partition coefficient (Wildman–Crippen LogP) is 1.97. The first kappa shape index (κ1) is 20.8. The van der Waals surface area contributed by atoms with E-state index in [4.69, 9.17) is 4.74 Å². The van der Waals surface area contributed by atoms with Crippen molar-refractivity contribution in [1.29, 1.82) is 0 Å². The fourth-order valence-corrected chi connectivity index (χ4v) is 3.66. The van der Waals surface area contributed by atoms with Gasteiger partial charge in [0.05, 0.1) is 6.04 Å². The molecule has 2 unspecified atom stereocenters. The van der Waals surface area contributed by atoms with Crippen LogP contribution in [0.25, 0.3) is 0 Å². The molecule has 2 aliphatic rings. The van der Waals surface area contributed by atoms with Crippen LogP contribution in [0.3, 0.4) is 0 Å². The van der Waals surface area contributed by atoms with Crippen molar-refractivity contribution in [2.45, 2.75) is 45.8 Å². The third-order valence-electron chi connectivity index (χ3n) is 4.97. The van der Waals surface area contributed by atoms with Crippen molar-refractivity contribution in [3.63, 3.8) is 0 Å². The second-order valence-electron chi connectivity index (χ2n) is 8.57. The lowest BCUT2D eigenvalue weighted by Gasteiger charge is -2.45. The molecule has 8 heteroatoms. The number of rotatable bonds is 2. The summed E-state index contributed by atoms with van der Waals surface area (Å²) >= 11 is 0. The van der Waals surface area contributed by atoms with Crippen LogP contribution in [-0.2, 0) is 19.1 Å². The molecule has 2 fully saturated rings. The molecule has 156 valence electrons. The normalized spacial score (nSPS) is 22.2. The number of ketones is 1. The van der Waals surface area contributed by atoms with Gasteiger partial charge in [-0.2, -0.15) is 0 Å². The molecule has 0 aromatic heterocycles. The van der Waals surface area contributed by atoms with Gasteiger partial charge in [0.25, 0.3) is 0 Å². The molecule has 0 spiro atoms. The number of benzene rings is 1. The van der Waals surface area contributed by atoms with E-state index in [9.17, 15) is 19.2 Å². The predicted molar refractivity (Wildman–Crippen MR) is 106 cm³/mol. The maximum atomic E-state index is 12.9. The van der Waals surface area contributed by atoms with Crippen LogP contribution in [0.15, 0.2) is 24.3 Å². The minimum atomic E-state index is -1.35. The summed E-state index contributed by atoms with van der Waals surface area (Å²) in [5.74, 6) is -2.88. The Labute approximate surface area is 170 Å². The molecule has 0 saturated carbocycles.